The van der Waals surface area contributed by atoms with E-state index in [0.29, 0.717) is 5.25 Å². The van der Waals surface area contributed by atoms with Gasteiger partial charge in [-0.1, -0.05) is 19.3 Å². The lowest BCUT2D eigenvalue weighted by Gasteiger charge is -2.24. The lowest BCUT2D eigenvalue weighted by molar-refractivity contribution is -0.150. The average molecular weight is 274 g/mol. The highest BCUT2D eigenvalue weighted by molar-refractivity contribution is 8.01. The van der Waals surface area contributed by atoms with Crippen molar-refractivity contribution < 1.29 is 24.2 Å². The molecular formula is C12H18O5S. The van der Waals surface area contributed by atoms with Gasteiger partial charge in [-0.15, -0.1) is 11.8 Å². The standard InChI is InChI=1S/C12H18O5S/c1-17-12(16)10(7-9(13)11(14)15)18-8-5-3-2-4-6-8/h8,10H,2-7H2,1H3,(H,14,15). The van der Waals surface area contributed by atoms with Crippen LogP contribution in [-0.4, -0.2) is 40.4 Å². The second kappa shape index (κ2) is 7.41. The molecule has 102 valence electrons. The maximum absolute atomic E-state index is 11.6. The molecule has 0 saturated heterocycles. The number of ether oxygens (including phenoxy) is 1. The van der Waals surface area contributed by atoms with Gasteiger partial charge in [-0.05, 0) is 12.8 Å². The maximum atomic E-state index is 11.6. The van der Waals surface area contributed by atoms with Crippen LogP contribution in [0.15, 0.2) is 0 Å². The van der Waals surface area contributed by atoms with Crippen molar-refractivity contribution in [3.63, 3.8) is 0 Å². The third-order valence-electron chi connectivity index (χ3n) is 2.98. The molecule has 0 aromatic heterocycles. The molecule has 0 aliphatic heterocycles. The van der Waals surface area contributed by atoms with Crippen molar-refractivity contribution in [2.24, 2.45) is 0 Å². The van der Waals surface area contributed by atoms with E-state index in [1.165, 1.54) is 25.3 Å². The highest BCUT2D eigenvalue weighted by Gasteiger charge is 2.29. The van der Waals surface area contributed by atoms with E-state index >= 15 is 0 Å². The number of hydrogen-bond acceptors (Lipinski definition) is 5. The summed E-state index contributed by atoms with van der Waals surface area (Å²) in [4.78, 5) is 33.3. The molecule has 5 nitrogen and oxygen atoms in total. The highest BCUT2D eigenvalue weighted by atomic mass is 32.2. The van der Waals surface area contributed by atoms with Gasteiger partial charge in [0.25, 0.3) is 0 Å². The normalized spacial score (nSPS) is 18.1. The third kappa shape index (κ3) is 4.68. The Morgan fingerprint density at radius 2 is 1.89 bits per heavy atom. The van der Waals surface area contributed by atoms with E-state index < -0.39 is 23.0 Å². The first kappa shape index (κ1) is 15.0. The number of rotatable bonds is 6. The molecule has 1 unspecified atom stereocenters. The van der Waals surface area contributed by atoms with Gasteiger partial charge in [0.2, 0.25) is 5.78 Å². The fourth-order valence-electron chi connectivity index (χ4n) is 2.01. The van der Waals surface area contributed by atoms with Gasteiger partial charge in [-0.3, -0.25) is 9.59 Å². The van der Waals surface area contributed by atoms with E-state index in [1.54, 1.807) is 0 Å². The lowest BCUT2D eigenvalue weighted by Crippen LogP contribution is -2.28. The zero-order chi connectivity index (χ0) is 13.5. The zero-order valence-electron chi connectivity index (χ0n) is 10.4. The Kier molecular flexibility index (Phi) is 6.18. The Hall–Kier alpha value is -1.04. The topological polar surface area (TPSA) is 80.7 Å². The summed E-state index contributed by atoms with van der Waals surface area (Å²) in [6.07, 6.45) is 5.19. The van der Waals surface area contributed by atoms with E-state index in [2.05, 4.69) is 4.74 Å². The van der Waals surface area contributed by atoms with E-state index in [1.807, 2.05) is 0 Å². The van der Waals surface area contributed by atoms with Crippen LogP contribution in [0.2, 0.25) is 0 Å². The molecule has 6 heteroatoms. The first-order valence-electron chi connectivity index (χ1n) is 6.04. The Bertz CT molecular complexity index is 322. The van der Waals surface area contributed by atoms with Crippen LogP contribution in [0.3, 0.4) is 0 Å². The average Bonchev–Trinajstić information content (AvgIpc) is 2.38. The molecule has 0 bridgehead atoms. The summed E-state index contributed by atoms with van der Waals surface area (Å²) in [5.41, 5.74) is 0. The molecule has 0 aromatic rings. The fraction of sp³-hybridized carbons (Fsp3) is 0.750. The minimum Gasteiger partial charge on any atom is -0.476 e. The molecule has 1 aliphatic carbocycles. The molecule has 0 spiro atoms. The maximum Gasteiger partial charge on any atom is 0.372 e. The van der Waals surface area contributed by atoms with E-state index in [4.69, 9.17) is 5.11 Å². The van der Waals surface area contributed by atoms with E-state index in [-0.39, 0.29) is 6.42 Å². The van der Waals surface area contributed by atoms with Gasteiger partial charge in [-0.25, -0.2) is 4.79 Å². The van der Waals surface area contributed by atoms with Gasteiger partial charge in [0.1, 0.15) is 5.25 Å². The number of carboxylic acid groups (broad SMARTS) is 1. The van der Waals surface area contributed by atoms with Gasteiger partial charge >= 0.3 is 11.9 Å². The number of methoxy groups -OCH3 is 1. The minimum absolute atomic E-state index is 0.289. The lowest BCUT2D eigenvalue weighted by atomic mass is 10.0. The summed E-state index contributed by atoms with van der Waals surface area (Å²) >= 11 is 1.39. The quantitative estimate of drug-likeness (QED) is 0.586. The molecule has 1 aliphatic rings. The molecule has 18 heavy (non-hydrogen) atoms. The summed E-state index contributed by atoms with van der Waals surface area (Å²) in [6.45, 7) is 0. The molecule has 1 atom stereocenters. The Morgan fingerprint density at radius 1 is 1.28 bits per heavy atom. The predicted molar refractivity (Wildman–Crippen MR) is 67.5 cm³/mol. The van der Waals surface area contributed by atoms with Crippen LogP contribution in [-0.2, 0) is 19.1 Å². The Labute approximate surface area is 110 Å². The smallest absolute Gasteiger partial charge is 0.372 e. The SMILES string of the molecule is COC(=O)C(CC(=O)C(=O)O)SC1CCCCC1. The third-order valence-corrected chi connectivity index (χ3v) is 4.53. The van der Waals surface area contributed by atoms with E-state index in [0.717, 1.165) is 25.7 Å². The second-order valence-corrected chi connectivity index (χ2v) is 5.85. The number of carboxylic acids is 1. The zero-order valence-corrected chi connectivity index (χ0v) is 11.2. The van der Waals surface area contributed by atoms with Crippen LogP contribution in [0.25, 0.3) is 0 Å². The first-order chi connectivity index (χ1) is 8.54. The van der Waals surface area contributed by atoms with Crippen molar-refractivity contribution in [2.45, 2.75) is 49.0 Å². The van der Waals surface area contributed by atoms with Gasteiger partial charge in [-0.2, -0.15) is 0 Å². The molecule has 1 rings (SSSR count). The number of aliphatic carboxylic acids is 1. The first-order valence-corrected chi connectivity index (χ1v) is 6.98. The second-order valence-electron chi connectivity index (χ2n) is 4.34. The van der Waals surface area contributed by atoms with Crippen molar-refractivity contribution >= 4 is 29.5 Å². The molecule has 0 radical (unpaired) electrons. The molecule has 1 fully saturated rings. The monoisotopic (exact) mass is 274 g/mol. The molecule has 0 aromatic carbocycles. The molecule has 0 heterocycles. The Morgan fingerprint density at radius 3 is 2.39 bits per heavy atom. The summed E-state index contributed by atoms with van der Waals surface area (Å²) in [7, 11) is 1.25. The molecule has 1 saturated carbocycles. The van der Waals surface area contributed by atoms with Crippen LogP contribution in [0.1, 0.15) is 38.5 Å². The number of esters is 1. The summed E-state index contributed by atoms with van der Waals surface area (Å²) in [5.74, 6) is -2.94. The number of Topliss-reactive ketones (excluding diaryl/α,β-unsaturated/α-hetero) is 1. The summed E-state index contributed by atoms with van der Waals surface area (Å²) in [6, 6.07) is 0. The van der Waals surface area contributed by atoms with Crippen molar-refractivity contribution in [3.05, 3.63) is 0 Å². The van der Waals surface area contributed by atoms with Crippen molar-refractivity contribution in [2.75, 3.05) is 7.11 Å². The van der Waals surface area contributed by atoms with Crippen molar-refractivity contribution in [3.8, 4) is 0 Å². The summed E-state index contributed by atoms with van der Waals surface area (Å²) in [5, 5.41) is 8.21. The highest BCUT2D eigenvalue weighted by Crippen LogP contribution is 2.32. The van der Waals surface area contributed by atoms with Gasteiger partial charge < -0.3 is 9.84 Å². The van der Waals surface area contributed by atoms with Crippen LogP contribution in [0.5, 0.6) is 0 Å². The Balaban J connectivity index is 2.57. The number of hydrogen-bond donors (Lipinski definition) is 1. The van der Waals surface area contributed by atoms with Gasteiger partial charge in [0, 0.05) is 11.7 Å². The predicted octanol–water partition coefficient (Wildman–Crippen LogP) is 1.64. The van der Waals surface area contributed by atoms with Crippen LogP contribution in [0.4, 0.5) is 0 Å². The largest absolute Gasteiger partial charge is 0.476 e. The number of carbonyl (C=O) groups excluding carboxylic acids is 2. The number of thioether (sulfide) groups is 1. The summed E-state index contributed by atoms with van der Waals surface area (Å²) < 4.78 is 4.63. The van der Waals surface area contributed by atoms with Gasteiger partial charge in [0.05, 0.1) is 7.11 Å². The number of carbonyl (C=O) groups is 3. The van der Waals surface area contributed by atoms with Crippen LogP contribution in [0, 0.1) is 0 Å². The number of ketones is 1. The van der Waals surface area contributed by atoms with Crippen molar-refractivity contribution in [1.29, 1.82) is 0 Å². The molecule has 0 amide bonds. The minimum atomic E-state index is -1.49. The van der Waals surface area contributed by atoms with Gasteiger partial charge in [0.15, 0.2) is 0 Å². The molecular weight excluding hydrogens is 256 g/mol. The fourth-order valence-corrected chi connectivity index (χ4v) is 3.53. The van der Waals surface area contributed by atoms with Crippen LogP contribution < -0.4 is 0 Å². The van der Waals surface area contributed by atoms with Crippen molar-refractivity contribution in [1.82, 2.24) is 0 Å². The van der Waals surface area contributed by atoms with E-state index in [9.17, 15) is 14.4 Å². The van der Waals surface area contributed by atoms with Crippen LogP contribution >= 0.6 is 11.8 Å². The molecule has 1 N–H and O–H groups in total.